The van der Waals surface area contributed by atoms with Crippen molar-refractivity contribution in [2.45, 2.75) is 4.90 Å². The van der Waals surface area contributed by atoms with Gasteiger partial charge in [0, 0.05) is 0 Å². The van der Waals surface area contributed by atoms with E-state index in [1.165, 1.54) is 53.8 Å². The Morgan fingerprint density at radius 3 is 2.39 bits per heavy atom. The van der Waals surface area contributed by atoms with E-state index in [0.29, 0.717) is 5.13 Å². The zero-order chi connectivity index (χ0) is 23.4. The highest BCUT2D eigenvalue weighted by Crippen LogP contribution is 2.25. The number of esters is 1. The third-order valence-electron chi connectivity index (χ3n) is 4.39. The summed E-state index contributed by atoms with van der Waals surface area (Å²) in [6.07, 6.45) is 0. The van der Waals surface area contributed by atoms with E-state index >= 15 is 0 Å². The highest BCUT2D eigenvalue weighted by atomic mass is 32.2. The molecule has 11 heteroatoms. The summed E-state index contributed by atoms with van der Waals surface area (Å²) in [7, 11) is -4.06. The highest BCUT2D eigenvalue weighted by Gasteiger charge is 2.18. The van der Waals surface area contributed by atoms with Gasteiger partial charge in [0.25, 0.3) is 15.9 Å². The lowest BCUT2D eigenvalue weighted by atomic mass is 10.2. The first-order valence-electron chi connectivity index (χ1n) is 9.52. The fourth-order valence-corrected chi connectivity index (χ4v) is 4.76. The molecular formula is C22H16FN3O5S2. The Labute approximate surface area is 192 Å². The average Bonchev–Trinajstić information content (AvgIpc) is 3.21. The average molecular weight is 486 g/mol. The molecule has 168 valence electrons. The van der Waals surface area contributed by atoms with Crippen LogP contribution in [0.5, 0.6) is 0 Å². The molecule has 0 aliphatic heterocycles. The van der Waals surface area contributed by atoms with Crippen LogP contribution in [-0.4, -0.2) is 31.9 Å². The van der Waals surface area contributed by atoms with Crippen LogP contribution in [-0.2, 0) is 19.6 Å². The molecule has 33 heavy (non-hydrogen) atoms. The van der Waals surface area contributed by atoms with Crippen molar-refractivity contribution in [2.24, 2.45) is 0 Å². The second-order valence-electron chi connectivity index (χ2n) is 6.72. The van der Waals surface area contributed by atoms with Crippen LogP contribution in [0.1, 0.15) is 10.4 Å². The van der Waals surface area contributed by atoms with Crippen LogP contribution >= 0.6 is 11.3 Å². The third-order valence-corrected chi connectivity index (χ3v) is 6.73. The van der Waals surface area contributed by atoms with Gasteiger partial charge < -0.3 is 4.74 Å². The number of nitrogens with zero attached hydrogens (tertiary/aromatic N) is 1. The van der Waals surface area contributed by atoms with Crippen LogP contribution in [0.4, 0.5) is 15.2 Å². The van der Waals surface area contributed by atoms with Gasteiger partial charge in [0.15, 0.2) is 11.7 Å². The molecule has 2 N–H and O–H groups in total. The Kier molecular flexibility index (Phi) is 6.33. The monoisotopic (exact) mass is 485 g/mol. The molecule has 0 radical (unpaired) electrons. The van der Waals surface area contributed by atoms with Crippen molar-refractivity contribution in [1.82, 2.24) is 4.98 Å². The number of nitrogens with one attached hydrogen (secondary N) is 2. The van der Waals surface area contributed by atoms with Gasteiger partial charge >= 0.3 is 5.97 Å². The standard InChI is InChI=1S/C22H16FN3O5S2/c23-16-5-1-2-6-17(16)26-33(29,30)15-11-9-14(10-12-15)21(28)31-13-20(27)25-22-24-18-7-3-4-8-19(18)32-22/h1-12,26H,13H2,(H,24,25,27). The molecule has 0 fully saturated rings. The van der Waals surface area contributed by atoms with E-state index in [1.807, 2.05) is 24.3 Å². The molecule has 0 bridgehead atoms. The molecular weight excluding hydrogens is 469 g/mol. The number of halogens is 1. The number of thiazole rings is 1. The molecule has 0 spiro atoms. The number of sulfonamides is 1. The predicted molar refractivity (Wildman–Crippen MR) is 122 cm³/mol. The van der Waals surface area contributed by atoms with E-state index in [2.05, 4.69) is 15.0 Å². The van der Waals surface area contributed by atoms with Gasteiger partial charge in [-0.25, -0.2) is 22.6 Å². The van der Waals surface area contributed by atoms with E-state index in [4.69, 9.17) is 4.74 Å². The van der Waals surface area contributed by atoms with Crippen LogP contribution in [0.3, 0.4) is 0 Å². The Hall–Kier alpha value is -3.83. The number of amides is 1. The first-order chi connectivity index (χ1) is 15.8. The fraction of sp³-hybridized carbons (Fsp3) is 0.0455. The lowest BCUT2D eigenvalue weighted by Gasteiger charge is -2.09. The topological polar surface area (TPSA) is 114 Å². The zero-order valence-electron chi connectivity index (χ0n) is 16.8. The smallest absolute Gasteiger partial charge is 0.338 e. The first-order valence-corrected chi connectivity index (χ1v) is 11.8. The van der Waals surface area contributed by atoms with Crippen molar-refractivity contribution in [3.05, 3.63) is 84.2 Å². The van der Waals surface area contributed by atoms with E-state index in [-0.39, 0.29) is 16.1 Å². The van der Waals surface area contributed by atoms with Gasteiger partial charge in [-0.3, -0.25) is 14.8 Å². The number of hydrogen-bond acceptors (Lipinski definition) is 7. The summed E-state index contributed by atoms with van der Waals surface area (Å²) in [5, 5.41) is 2.95. The summed E-state index contributed by atoms with van der Waals surface area (Å²) < 4.78 is 46.6. The van der Waals surface area contributed by atoms with Gasteiger partial charge in [-0.1, -0.05) is 35.6 Å². The van der Waals surface area contributed by atoms with Gasteiger partial charge in [-0.15, -0.1) is 0 Å². The zero-order valence-corrected chi connectivity index (χ0v) is 18.5. The molecule has 1 aromatic heterocycles. The molecule has 4 aromatic rings. The Morgan fingerprint density at radius 2 is 1.67 bits per heavy atom. The molecule has 1 amide bonds. The number of benzene rings is 3. The van der Waals surface area contributed by atoms with Crippen molar-refractivity contribution >= 4 is 54.3 Å². The second kappa shape index (κ2) is 9.35. The lowest BCUT2D eigenvalue weighted by Crippen LogP contribution is -2.21. The van der Waals surface area contributed by atoms with E-state index < -0.39 is 34.3 Å². The molecule has 1 heterocycles. The molecule has 0 aliphatic carbocycles. The minimum atomic E-state index is -4.06. The minimum Gasteiger partial charge on any atom is -0.452 e. The van der Waals surface area contributed by atoms with Crippen LogP contribution in [0.25, 0.3) is 10.2 Å². The molecule has 0 saturated heterocycles. The number of fused-ring (bicyclic) bond motifs is 1. The molecule has 8 nitrogen and oxygen atoms in total. The van der Waals surface area contributed by atoms with Crippen molar-refractivity contribution in [3.8, 4) is 0 Å². The Balaban J connectivity index is 1.35. The number of ether oxygens (including phenoxy) is 1. The van der Waals surface area contributed by atoms with Gasteiger partial charge in [0.2, 0.25) is 0 Å². The Morgan fingerprint density at radius 1 is 0.970 bits per heavy atom. The van der Waals surface area contributed by atoms with Gasteiger partial charge in [-0.2, -0.15) is 0 Å². The van der Waals surface area contributed by atoms with Gasteiger partial charge in [0.1, 0.15) is 5.82 Å². The number of carbonyl (C=O) groups is 2. The summed E-state index contributed by atoms with van der Waals surface area (Å²) in [5.41, 5.74) is 0.599. The van der Waals surface area contributed by atoms with Crippen molar-refractivity contribution in [1.29, 1.82) is 0 Å². The van der Waals surface area contributed by atoms with Crippen molar-refractivity contribution < 1.29 is 27.1 Å². The number of para-hydroxylation sites is 2. The second-order valence-corrected chi connectivity index (χ2v) is 9.43. The Bertz CT molecular complexity index is 1400. The molecule has 4 rings (SSSR count). The van der Waals surface area contributed by atoms with E-state index in [9.17, 15) is 22.4 Å². The summed E-state index contributed by atoms with van der Waals surface area (Å²) in [4.78, 5) is 28.4. The van der Waals surface area contributed by atoms with Crippen LogP contribution in [0.15, 0.2) is 77.7 Å². The summed E-state index contributed by atoms with van der Waals surface area (Å²) in [6, 6.07) is 17.6. The molecule has 3 aromatic carbocycles. The quantitative estimate of drug-likeness (QED) is 0.382. The maximum atomic E-state index is 13.7. The molecule has 0 saturated carbocycles. The normalized spacial score (nSPS) is 11.2. The van der Waals surface area contributed by atoms with E-state index in [0.717, 1.165) is 16.3 Å². The largest absolute Gasteiger partial charge is 0.452 e. The fourth-order valence-electron chi connectivity index (χ4n) is 2.81. The van der Waals surface area contributed by atoms with Gasteiger partial charge in [-0.05, 0) is 48.5 Å². The predicted octanol–water partition coefficient (Wildman–Crippen LogP) is 4.03. The lowest BCUT2D eigenvalue weighted by molar-refractivity contribution is -0.119. The van der Waals surface area contributed by atoms with Crippen molar-refractivity contribution in [2.75, 3.05) is 16.6 Å². The van der Waals surface area contributed by atoms with Crippen LogP contribution in [0, 0.1) is 5.82 Å². The number of aromatic nitrogens is 1. The van der Waals surface area contributed by atoms with Crippen LogP contribution in [0.2, 0.25) is 0 Å². The minimum absolute atomic E-state index is 0.0487. The summed E-state index contributed by atoms with van der Waals surface area (Å²) in [6.45, 7) is -0.538. The number of hydrogen-bond donors (Lipinski definition) is 2. The summed E-state index contributed by atoms with van der Waals surface area (Å²) in [5.74, 6) is -2.08. The maximum Gasteiger partial charge on any atom is 0.338 e. The van der Waals surface area contributed by atoms with Crippen LogP contribution < -0.4 is 10.0 Å². The van der Waals surface area contributed by atoms with E-state index in [1.54, 1.807) is 0 Å². The number of rotatable bonds is 7. The third kappa shape index (κ3) is 5.33. The number of anilines is 2. The number of carbonyl (C=O) groups excluding carboxylic acids is 2. The molecule has 0 aliphatic rings. The first kappa shape index (κ1) is 22.4. The van der Waals surface area contributed by atoms with Crippen molar-refractivity contribution in [3.63, 3.8) is 0 Å². The van der Waals surface area contributed by atoms with Gasteiger partial charge in [0.05, 0.1) is 26.4 Å². The highest BCUT2D eigenvalue weighted by molar-refractivity contribution is 7.92. The molecule has 0 atom stereocenters. The SMILES string of the molecule is O=C(COC(=O)c1ccc(S(=O)(=O)Nc2ccccc2F)cc1)Nc1nc2ccccc2s1. The summed E-state index contributed by atoms with van der Waals surface area (Å²) >= 11 is 1.29. The maximum absolute atomic E-state index is 13.7. The molecule has 0 unspecified atom stereocenters.